The number of hydrogen-bond donors (Lipinski definition) is 0. The van der Waals surface area contributed by atoms with E-state index in [2.05, 4.69) is 13.8 Å². The van der Waals surface area contributed by atoms with Crippen LogP contribution in [0.2, 0.25) is 0 Å². The van der Waals surface area contributed by atoms with Crippen LogP contribution in [0.25, 0.3) is 0 Å². The first kappa shape index (κ1) is 14.3. The Bertz CT molecular complexity index is 1050. The lowest BCUT2D eigenvalue weighted by Crippen LogP contribution is -2.34. The van der Waals surface area contributed by atoms with Crippen LogP contribution in [0.5, 0.6) is 11.5 Å². The van der Waals surface area contributed by atoms with E-state index in [4.69, 9.17) is 9.47 Å². The molecular weight excluding hydrogens is 312 g/mol. The third-order valence-electron chi connectivity index (χ3n) is 5.31. The van der Waals surface area contributed by atoms with Gasteiger partial charge in [0.1, 0.15) is 11.5 Å². The van der Waals surface area contributed by atoms with Crippen molar-refractivity contribution < 1.29 is 14.3 Å². The van der Waals surface area contributed by atoms with Gasteiger partial charge in [-0.1, -0.05) is 42.5 Å². The molecule has 1 unspecified atom stereocenters. The monoisotopic (exact) mass is 328 g/mol. The van der Waals surface area contributed by atoms with Gasteiger partial charge in [0, 0.05) is 11.1 Å². The van der Waals surface area contributed by atoms with Crippen LogP contribution >= 0.6 is 0 Å². The molecule has 5 rings (SSSR count). The first-order valence-electron chi connectivity index (χ1n) is 8.34. The molecule has 3 nitrogen and oxygen atoms in total. The highest BCUT2D eigenvalue weighted by Crippen LogP contribution is 2.57. The molecule has 2 aliphatic heterocycles. The number of ether oxygens (including phenoxy) is 2. The largest absolute Gasteiger partial charge is 0.456 e. The number of aryl methyl sites for hydroxylation is 1. The summed E-state index contributed by atoms with van der Waals surface area (Å²) < 4.78 is 12.3. The minimum Gasteiger partial charge on any atom is -0.456 e. The molecule has 0 saturated carbocycles. The normalized spacial score (nSPS) is 19.7. The van der Waals surface area contributed by atoms with E-state index < -0.39 is 5.60 Å². The van der Waals surface area contributed by atoms with Gasteiger partial charge in [-0.2, -0.15) is 0 Å². The first-order valence-corrected chi connectivity index (χ1v) is 8.34. The number of fused-ring (bicyclic) bond motifs is 6. The molecule has 2 aliphatic rings. The van der Waals surface area contributed by atoms with E-state index in [1.165, 1.54) is 0 Å². The number of benzene rings is 3. The average Bonchev–Trinajstić information content (AvgIpc) is 2.92. The lowest BCUT2D eigenvalue weighted by Gasteiger charge is -2.37. The highest BCUT2D eigenvalue weighted by molar-refractivity contribution is 5.97. The van der Waals surface area contributed by atoms with Gasteiger partial charge < -0.3 is 9.47 Å². The van der Waals surface area contributed by atoms with Crippen molar-refractivity contribution in [2.45, 2.75) is 19.4 Å². The average molecular weight is 328 g/mol. The summed E-state index contributed by atoms with van der Waals surface area (Å²) in [5.74, 6) is 1.17. The number of para-hydroxylation sites is 1. The number of carbonyl (C=O) groups is 1. The number of carbonyl (C=O) groups excluding carboxylic acids is 1. The van der Waals surface area contributed by atoms with Gasteiger partial charge >= 0.3 is 5.97 Å². The summed E-state index contributed by atoms with van der Waals surface area (Å²) in [5, 5.41) is 0. The molecule has 3 aromatic rings. The van der Waals surface area contributed by atoms with Crippen molar-refractivity contribution in [3.05, 3.63) is 94.0 Å². The molecule has 3 heteroatoms. The van der Waals surface area contributed by atoms with Crippen molar-refractivity contribution in [1.82, 2.24) is 0 Å². The summed E-state index contributed by atoms with van der Waals surface area (Å²) in [6.45, 7) is 4.12. The van der Waals surface area contributed by atoms with Crippen LogP contribution in [0.15, 0.2) is 60.7 Å². The van der Waals surface area contributed by atoms with E-state index >= 15 is 0 Å². The summed E-state index contributed by atoms with van der Waals surface area (Å²) >= 11 is 0. The molecule has 0 radical (unpaired) electrons. The third kappa shape index (κ3) is 1.67. The third-order valence-corrected chi connectivity index (χ3v) is 5.31. The summed E-state index contributed by atoms with van der Waals surface area (Å²) in [4.78, 5) is 12.7. The van der Waals surface area contributed by atoms with E-state index in [0.29, 0.717) is 5.56 Å². The molecular formula is C22H16O3. The SMILES string of the molecule is Cc1ccc2c(c1C)C1(OC(=O)c3ccccc31)c1ccccc1O2. The summed E-state index contributed by atoms with van der Waals surface area (Å²) in [6, 6.07) is 19.4. The Morgan fingerprint density at radius 3 is 2.36 bits per heavy atom. The highest BCUT2D eigenvalue weighted by Gasteiger charge is 2.54. The number of hydrogen-bond acceptors (Lipinski definition) is 3. The predicted molar refractivity (Wildman–Crippen MR) is 94.2 cm³/mol. The second-order valence-electron chi connectivity index (χ2n) is 6.60. The summed E-state index contributed by atoms with van der Waals surface area (Å²) in [5.41, 5.74) is 4.56. The van der Waals surface area contributed by atoms with Crippen LogP contribution in [0.3, 0.4) is 0 Å². The zero-order chi connectivity index (χ0) is 17.2. The number of esters is 1. The van der Waals surface area contributed by atoms with E-state index in [1.54, 1.807) is 0 Å². The van der Waals surface area contributed by atoms with Crippen LogP contribution < -0.4 is 4.74 Å². The van der Waals surface area contributed by atoms with Crippen LogP contribution in [0.1, 0.15) is 38.2 Å². The van der Waals surface area contributed by atoms with Gasteiger partial charge in [-0.15, -0.1) is 0 Å². The number of rotatable bonds is 0. The highest BCUT2D eigenvalue weighted by atomic mass is 16.6. The van der Waals surface area contributed by atoms with Crippen molar-refractivity contribution in [1.29, 1.82) is 0 Å². The second-order valence-corrected chi connectivity index (χ2v) is 6.60. The lowest BCUT2D eigenvalue weighted by atomic mass is 9.75. The molecule has 122 valence electrons. The van der Waals surface area contributed by atoms with Crippen LogP contribution in [-0.4, -0.2) is 5.97 Å². The lowest BCUT2D eigenvalue weighted by molar-refractivity contribution is 0.0222. The molecule has 0 amide bonds. The fourth-order valence-electron chi connectivity index (χ4n) is 4.02. The van der Waals surface area contributed by atoms with Gasteiger partial charge in [0.05, 0.1) is 11.1 Å². The van der Waals surface area contributed by atoms with Gasteiger partial charge in [-0.05, 0) is 43.2 Å². The maximum Gasteiger partial charge on any atom is 0.340 e. The quantitative estimate of drug-likeness (QED) is 0.552. The summed E-state index contributed by atoms with van der Waals surface area (Å²) in [6.07, 6.45) is 0. The summed E-state index contributed by atoms with van der Waals surface area (Å²) in [7, 11) is 0. The minimum atomic E-state index is -0.950. The van der Waals surface area contributed by atoms with Gasteiger partial charge in [0.25, 0.3) is 0 Å². The molecule has 25 heavy (non-hydrogen) atoms. The molecule has 1 atom stereocenters. The van der Waals surface area contributed by atoms with Crippen LogP contribution in [0, 0.1) is 13.8 Å². The Balaban J connectivity index is 1.96. The molecule has 0 saturated heterocycles. The fourth-order valence-corrected chi connectivity index (χ4v) is 4.02. The Kier molecular flexibility index (Phi) is 2.70. The van der Waals surface area contributed by atoms with Gasteiger partial charge in [-0.25, -0.2) is 4.79 Å². The topological polar surface area (TPSA) is 35.5 Å². The molecule has 2 heterocycles. The predicted octanol–water partition coefficient (Wildman–Crippen LogP) is 4.87. The van der Waals surface area contributed by atoms with Crippen molar-refractivity contribution in [2.24, 2.45) is 0 Å². The minimum absolute atomic E-state index is 0.292. The standard InChI is InChI=1S/C22H16O3/c1-13-11-12-19-20(14(13)2)22(17-9-5-6-10-18(17)24-19)16-8-4-3-7-15(16)21(23)25-22/h3-12H,1-2H3. The van der Waals surface area contributed by atoms with E-state index in [0.717, 1.165) is 39.3 Å². The smallest absolute Gasteiger partial charge is 0.340 e. The van der Waals surface area contributed by atoms with E-state index in [1.807, 2.05) is 60.7 Å². The van der Waals surface area contributed by atoms with Crippen LogP contribution in [0.4, 0.5) is 0 Å². The van der Waals surface area contributed by atoms with Crippen molar-refractivity contribution >= 4 is 5.97 Å². The van der Waals surface area contributed by atoms with Crippen molar-refractivity contribution in [3.63, 3.8) is 0 Å². The van der Waals surface area contributed by atoms with Gasteiger partial charge in [0.15, 0.2) is 5.60 Å². The molecule has 0 fully saturated rings. The molecule has 0 aromatic heterocycles. The zero-order valence-corrected chi connectivity index (χ0v) is 14.0. The Hall–Kier alpha value is -3.07. The molecule has 3 aromatic carbocycles. The maximum absolute atomic E-state index is 12.7. The maximum atomic E-state index is 12.7. The Morgan fingerprint density at radius 1 is 0.800 bits per heavy atom. The second kappa shape index (κ2) is 4.73. The zero-order valence-electron chi connectivity index (χ0n) is 14.0. The molecule has 0 aliphatic carbocycles. The first-order chi connectivity index (χ1) is 12.1. The molecule has 0 N–H and O–H groups in total. The van der Waals surface area contributed by atoms with Gasteiger partial charge in [0.2, 0.25) is 0 Å². The van der Waals surface area contributed by atoms with E-state index in [9.17, 15) is 4.79 Å². The van der Waals surface area contributed by atoms with E-state index in [-0.39, 0.29) is 5.97 Å². The van der Waals surface area contributed by atoms with Gasteiger partial charge in [-0.3, -0.25) is 0 Å². The fraction of sp³-hybridized carbons (Fsp3) is 0.136. The Morgan fingerprint density at radius 2 is 1.52 bits per heavy atom. The van der Waals surface area contributed by atoms with Crippen molar-refractivity contribution in [2.75, 3.05) is 0 Å². The van der Waals surface area contributed by atoms with Crippen molar-refractivity contribution in [3.8, 4) is 11.5 Å². The Labute approximate surface area is 145 Å². The molecule has 0 bridgehead atoms. The molecule has 1 spiro atoms. The van der Waals surface area contributed by atoms with Crippen LogP contribution in [-0.2, 0) is 10.3 Å².